The van der Waals surface area contributed by atoms with Gasteiger partial charge >= 0.3 is 6.18 Å². The highest BCUT2D eigenvalue weighted by Gasteiger charge is 2.31. The first kappa shape index (κ1) is 16.4. The van der Waals surface area contributed by atoms with Crippen LogP contribution in [0.4, 0.5) is 18.9 Å². The van der Waals surface area contributed by atoms with Crippen LogP contribution in [0.25, 0.3) is 0 Å². The third kappa shape index (κ3) is 3.61. The van der Waals surface area contributed by atoms with Gasteiger partial charge in [0.2, 0.25) is 0 Å². The normalized spacial score (nSPS) is 11.3. The molecule has 116 valence electrons. The van der Waals surface area contributed by atoms with Crippen molar-refractivity contribution in [3.63, 3.8) is 0 Å². The number of hydrogen-bond donors (Lipinski definition) is 2. The molecule has 1 amide bonds. The molecular formula is C13H7Cl2F3N2O2. The van der Waals surface area contributed by atoms with Crippen molar-refractivity contribution in [2.45, 2.75) is 6.18 Å². The summed E-state index contributed by atoms with van der Waals surface area (Å²) in [6, 6.07) is 4.47. The van der Waals surface area contributed by atoms with Gasteiger partial charge in [0.05, 0.1) is 15.6 Å². The molecular weight excluding hydrogens is 344 g/mol. The first-order valence-electron chi connectivity index (χ1n) is 5.75. The van der Waals surface area contributed by atoms with Crippen molar-refractivity contribution in [2.75, 3.05) is 5.32 Å². The van der Waals surface area contributed by atoms with Crippen LogP contribution in [0.5, 0.6) is 0 Å². The molecule has 0 saturated heterocycles. The number of rotatable bonds is 2. The number of hydrogen-bond acceptors (Lipinski definition) is 2. The Kier molecular flexibility index (Phi) is 4.48. The van der Waals surface area contributed by atoms with Crippen molar-refractivity contribution < 1.29 is 18.0 Å². The maximum atomic E-state index is 12.6. The van der Waals surface area contributed by atoms with E-state index in [1.807, 2.05) is 4.98 Å². The second-order valence-electron chi connectivity index (χ2n) is 4.21. The second-order valence-corrected chi connectivity index (χ2v) is 5.03. The maximum absolute atomic E-state index is 12.6. The summed E-state index contributed by atoms with van der Waals surface area (Å²) in [4.78, 5) is 25.4. The minimum absolute atomic E-state index is 0.0474. The van der Waals surface area contributed by atoms with Crippen molar-refractivity contribution in [2.24, 2.45) is 0 Å². The molecule has 2 N–H and O–H groups in total. The lowest BCUT2D eigenvalue weighted by molar-refractivity contribution is -0.137. The van der Waals surface area contributed by atoms with Crippen LogP contribution in [-0.4, -0.2) is 10.9 Å². The van der Waals surface area contributed by atoms with Gasteiger partial charge < -0.3 is 10.3 Å². The van der Waals surface area contributed by atoms with E-state index in [1.54, 1.807) is 0 Å². The molecule has 0 bridgehead atoms. The van der Waals surface area contributed by atoms with Crippen molar-refractivity contribution in [1.82, 2.24) is 4.98 Å². The van der Waals surface area contributed by atoms with E-state index in [0.717, 1.165) is 0 Å². The third-order valence-electron chi connectivity index (χ3n) is 2.66. The van der Waals surface area contributed by atoms with E-state index in [-0.39, 0.29) is 15.6 Å². The Balaban J connectivity index is 2.32. The number of aromatic amines is 1. The number of halogens is 5. The van der Waals surface area contributed by atoms with Crippen molar-refractivity contribution in [3.05, 3.63) is 62.0 Å². The molecule has 0 aliphatic carbocycles. The Morgan fingerprint density at radius 2 is 1.82 bits per heavy atom. The Bertz CT molecular complexity index is 788. The summed E-state index contributed by atoms with van der Waals surface area (Å²) >= 11 is 11.4. The molecule has 9 heteroatoms. The van der Waals surface area contributed by atoms with Gasteiger partial charge in [-0.2, -0.15) is 13.2 Å². The molecule has 0 fully saturated rings. The van der Waals surface area contributed by atoms with Crippen LogP contribution >= 0.6 is 23.2 Å². The lowest BCUT2D eigenvalue weighted by atomic mass is 10.2. The van der Waals surface area contributed by atoms with Gasteiger partial charge in [-0.25, -0.2) is 0 Å². The average molecular weight is 351 g/mol. The minimum atomic E-state index is -4.65. The molecule has 2 rings (SSSR count). The van der Waals surface area contributed by atoms with E-state index in [2.05, 4.69) is 5.32 Å². The molecule has 0 unspecified atom stereocenters. The van der Waals surface area contributed by atoms with Crippen LogP contribution in [0, 0.1) is 0 Å². The fourth-order valence-electron chi connectivity index (χ4n) is 1.57. The largest absolute Gasteiger partial charge is 0.417 e. The topological polar surface area (TPSA) is 62.0 Å². The SMILES string of the molecule is O=C(Nc1cc(C(F)(F)F)c[nH]c1=O)c1ccc(Cl)c(Cl)c1. The van der Waals surface area contributed by atoms with Crippen LogP contribution in [0.2, 0.25) is 10.0 Å². The van der Waals surface area contributed by atoms with E-state index in [0.29, 0.717) is 12.3 Å². The fourth-order valence-corrected chi connectivity index (χ4v) is 1.87. The number of carbonyl (C=O) groups excluding carboxylic acids is 1. The van der Waals surface area contributed by atoms with Gasteiger partial charge in [-0.1, -0.05) is 23.2 Å². The smallest absolute Gasteiger partial charge is 0.327 e. The van der Waals surface area contributed by atoms with Crippen molar-refractivity contribution >= 4 is 34.8 Å². The van der Waals surface area contributed by atoms with Gasteiger partial charge in [-0.3, -0.25) is 9.59 Å². The minimum Gasteiger partial charge on any atom is -0.327 e. The molecule has 1 heterocycles. The number of benzene rings is 1. The van der Waals surface area contributed by atoms with Crippen LogP contribution in [-0.2, 0) is 6.18 Å². The molecule has 1 aromatic carbocycles. The molecule has 0 saturated carbocycles. The summed E-state index contributed by atoms with van der Waals surface area (Å²) in [5.41, 5.74) is -2.42. The number of nitrogens with one attached hydrogen (secondary N) is 2. The number of pyridine rings is 1. The Labute approximate surface area is 131 Å². The standard InChI is InChI=1S/C13H7Cl2F3N2O2/c14-8-2-1-6(3-9(8)15)11(21)20-10-4-7(13(16,17)18)5-19-12(10)22/h1-5H,(H,19,22)(H,20,21). The van der Waals surface area contributed by atoms with Gasteiger partial charge in [-0.15, -0.1) is 0 Å². The summed E-state index contributed by atoms with van der Waals surface area (Å²) < 4.78 is 37.8. The zero-order valence-electron chi connectivity index (χ0n) is 10.6. The highest BCUT2D eigenvalue weighted by molar-refractivity contribution is 6.42. The Hall–Kier alpha value is -1.99. The summed E-state index contributed by atoms with van der Waals surface area (Å²) in [5, 5.41) is 2.42. The zero-order valence-corrected chi connectivity index (χ0v) is 12.1. The van der Waals surface area contributed by atoms with Gasteiger partial charge in [-0.05, 0) is 24.3 Å². The molecule has 0 aliphatic heterocycles. The lowest BCUT2D eigenvalue weighted by Gasteiger charge is -2.09. The molecule has 4 nitrogen and oxygen atoms in total. The quantitative estimate of drug-likeness (QED) is 0.861. The molecule has 0 spiro atoms. The van der Waals surface area contributed by atoms with Gasteiger partial charge in [0.25, 0.3) is 11.5 Å². The number of amides is 1. The Morgan fingerprint density at radius 3 is 2.41 bits per heavy atom. The third-order valence-corrected chi connectivity index (χ3v) is 3.40. The van der Waals surface area contributed by atoms with E-state index >= 15 is 0 Å². The van der Waals surface area contributed by atoms with Crippen LogP contribution < -0.4 is 10.9 Å². The highest BCUT2D eigenvalue weighted by atomic mass is 35.5. The number of anilines is 1. The van der Waals surface area contributed by atoms with Crippen molar-refractivity contribution in [3.8, 4) is 0 Å². The molecule has 22 heavy (non-hydrogen) atoms. The number of alkyl halides is 3. The van der Waals surface area contributed by atoms with E-state index in [9.17, 15) is 22.8 Å². The predicted octanol–water partition coefficient (Wildman–Crippen LogP) is 3.95. The van der Waals surface area contributed by atoms with Crippen LogP contribution in [0.3, 0.4) is 0 Å². The lowest BCUT2D eigenvalue weighted by Crippen LogP contribution is -2.21. The molecule has 0 atom stereocenters. The van der Waals surface area contributed by atoms with Crippen molar-refractivity contribution in [1.29, 1.82) is 0 Å². The summed E-state index contributed by atoms with van der Waals surface area (Å²) in [5.74, 6) is -0.789. The first-order valence-corrected chi connectivity index (χ1v) is 6.50. The Morgan fingerprint density at radius 1 is 1.14 bits per heavy atom. The predicted molar refractivity (Wildman–Crippen MR) is 76.5 cm³/mol. The van der Waals surface area contributed by atoms with Crippen LogP contribution in [0.1, 0.15) is 15.9 Å². The first-order chi connectivity index (χ1) is 10.2. The van der Waals surface area contributed by atoms with E-state index in [4.69, 9.17) is 23.2 Å². The zero-order chi connectivity index (χ0) is 16.5. The maximum Gasteiger partial charge on any atom is 0.417 e. The fraction of sp³-hybridized carbons (Fsp3) is 0.0769. The van der Waals surface area contributed by atoms with Crippen LogP contribution in [0.15, 0.2) is 35.3 Å². The molecule has 0 aliphatic rings. The van der Waals surface area contributed by atoms with Gasteiger partial charge in [0, 0.05) is 11.8 Å². The summed E-state index contributed by atoms with van der Waals surface area (Å²) in [6.45, 7) is 0. The monoisotopic (exact) mass is 350 g/mol. The van der Waals surface area contributed by atoms with E-state index < -0.39 is 28.9 Å². The number of aromatic nitrogens is 1. The van der Waals surface area contributed by atoms with Gasteiger partial charge in [0.15, 0.2) is 0 Å². The summed E-state index contributed by atoms with van der Waals surface area (Å²) in [7, 11) is 0. The van der Waals surface area contributed by atoms with E-state index in [1.165, 1.54) is 18.2 Å². The highest BCUT2D eigenvalue weighted by Crippen LogP contribution is 2.29. The molecule has 0 radical (unpaired) electrons. The molecule has 1 aromatic heterocycles. The second kappa shape index (κ2) is 6.02. The summed E-state index contributed by atoms with van der Waals surface area (Å²) in [6.07, 6.45) is -4.12. The van der Waals surface area contributed by atoms with Gasteiger partial charge in [0.1, 0.15) is 5.69 Å². The molecule has 2 aromatic rings. The number of H-pyrrole nitrogens is 1. The number of carbonyl (C=O) groups is 1. The average Bonchev–Trinajstić information content (AvgIpc) is 2.43.